The van der Waals surface area contributed by atoms with Crippen molar-refractivity contribution in [2.75, 3.05) is 11.9 Å². The minimum atomic E-state index is -1.08. The number of hydrogen-bond donors (Lipinski definition) is 8. The van der Waals surface area contributed by atoms with Gasteiger partial charge in [0.05, 0.1) is 11.3 Å². The number of carbonyl (C=O) groups is 3. The molecule has 33 heavy (non-hydrogen) atoms. The molecular weight excluding hydrogens is 430 g/mol. The number of aliphatic carboxylic acids is 1. The van der Waals surface area contributed by atoms with Gasteiger partial charge in [0.2, 0.25) is 5.91 Å². The van der Waals surface area contributed by atoms with E-state index in [0.29, 0.717) is 31.5 Å². The Hall–Kier alpha value is -4.12. The minimum Gasteiger partial charge on any atom is -0.508 e. The minimum absolute atomic E-state index is 0.0653. The van der Waals surface area contributed by atoms with Gasteiger partial charge in [0.25, 0.3) is 0 Å². The summed E-state index contributed by atoms with van der Waals surface area (Å²) in [5.74, 6) is -2.27. The molecule has 0 bridgehead atoms. The predicted molar refractivity (Wildman–Crippen MR) is 123 cm³/mol. The van der Waals surface area contributed by atoms with Crippen molar-refractivity contribution in [2.45, 2.75) is 31.7 Å². The van der Waals surface area contributed by atoms with Crippen molar-refractivity contribution in [1.29, 1.82) is 5.41 Å². The summed E-state index contributed by atoms with van der Waals surface area (Å²) in [4.78, 5) is 33.1. The molecule has 178 valence electrons. The summed E-state index contributed by atoms with van der Waals surface area (Å²) in [7, 11) is 0. The highest BCUT2D eigenvalue weighted by atomic mass is 16.4. The molecule has 2 aromatic carbocycles. The van der Waals surface area contributed by atoms with E-state index in [9.17, 15) is 19.5 Å². The van der Waals surface area contributed by atoms with Crippen LogP contribution in [0.25, 0.3) is 0 Å². The van der Waals surface area contributed by atoms with E-state index in [1.807, 2.05) is 0 Å². The summed E-state index contributed by atoms with van der Waals surface area (Å²) >= 11 is 0. The van der Waals surface area contributed by atoms with Gasteiger partial charge in [-0.2, -0.15) is 0 Å². The summed E-state index contributed by atoms with van der Waals surface area (Å²) in [5, 5.41) is 38.5. The van der Waals surface area contributed by atoms with Crippen LogP contribution in [0, 0.1) is 5.41 Å². The second-order valence-electron chi connectivity index (χ2n) is 6.99. The lowest BCUT2D eigenvalue weighted by Gasteiger charge is -2.08. The third kappa shape index (κ3) is 11.2. The Morgan fingerprint density at radius 1 is 1.03 bits per heavy atom. The topological polar surface area (TPSA) is 212 Å². The molecule has 0 fully saturated rings. The average Bonchev–Trinajstić information content (AvgIpc) is 2.76. The molecule has 0 aliphatic carbocycles. The van der Waals surface area contributed by atoms with Crippen LogP contribution in [-0.4, -0.2) is 51.7 Å². The van der Waals surface area contributed by atoms with Crippen molar-refractivity contribution in [3.05, 3.63) is 59.7 Å². The Kier molecular flexibility index (Phi) is 11.5. The number of amides is 1. The van der Waals surface area contributed by atoms with Crippen LogP contribution in [0.1, 0.15) is 35.2 Å². The fraction of sp³-hybridized carbons (Fsp3) is 0.273. The van der Waals surface area contributed by atoms with Crippen LogP contribution in [0.4, 0.5) is 5.69 Å². The number of nitrogens with two attached hydrogens (primary N) is 2. The maximum absolute atomic E-state index is 11.9. The zero-order chi connectivity index (χ0) is 24.8. The molecule has 0 unspecified atom stereocenters. The Morgan fingerprint density at radius 3 is 2.24 bits per heavy atom. The molecule has 0 heterocycles. The number of hydrogen-bond acceptors (Lipinski definition) is 6. The monoisotopic (exact) mass is 459 g/mol. The van der Waals surface area contributed by atoms with E-state index >= 15 is 0 Å². The smallest absolute Gasteiger partial charge is 0.337 e. The average molecular weight is 460 g/mol. The summed E-state index contributed by atoms with van der Waals surface area (Å²) < 4.78 is 0. The molecule has 2 aromatic rings. The molecule has 2 rings (SSSR count). The van der Waals surface area contributed by atoms with Gasteiger partial charge in [0, 0.05) is 13.0 Å². The number of nitrogens with one attached hydrogen (secondary N) is 3. The first-order valence-corrected chi connectivity index (χ1v) is 10.1. The highest BCUT2D eigenvalue weighted by Gasteiger charge is 2.12. The van der Waals surface area contributed by atoms with E-state index in [4.69, 9.17) is 27.1 Å². The highest BCUT2D eigenvalue weighted by Crippen LogP contribution is 2.16. The van der Waals surface area contributed by atoms with Crippen LogP contribution in [0.5, 0.6) is 5.75 Å². The third-order valence-corrected chi connectivity index (χ3v) is 4.33. The quantitative estimate of drug-likeness (QED) is 0.146. The van der Waals surface area contributed by atoms with Gasteiger partial charge in [0.15, 0.2) is 5.96 Å². The molecule has 11 nitrogen and oxygen atoms in total. The molecule has 11 heteroatoms. The van der Waals surface area contributed by atoms with Gasteiger partial charge < -0.3 is 37.4 Å². The van der Waals surface area contributed by atoms with E-state index in [-0.39, 0.29) is 29.6 Å². The predicted octanol–water partition coefficient (Wildman–Crippen LogP) is 1.32. The normalized spacial score (nSPS) is 10.8. The first-order chi connectivity index (χ1) is 15.6. The van der Waals surface area contributed by atoms with Gasteiger partial charge in [-0.15, -0.1) is 0 Å². The number of para-hydroxylation sites is 1. The van der Waals surface area contributed by atoms with E-state index in [0.717, 1.165) is 5.56 Å². The summed E-state index contributed by atoms with van der Waals surface area (Å²) in [6.45, 7) is 0.482. The van der Waals surface area contributed by atoms with Crippen LogP contribution in [0.15, 0.2) is 48.5 Å². The molecule has 10 N–H and O–H groups in total. The van der Waals surface area contributed by atoms with Crippen LogP contribution < -0.4 is 22.1 Å². The van der Waals surface area contributed by atoms with Gasteiger partial charge in [-0.05, 0) is 49.1 Å². The number of aromatic carboxylic acids is 1. The van der Waals surface area contributed by atoms with Gasteiger partial charge in [-0.25, -0.2) is 4.79 Å². The molecule has 1 atom stereocenters. The first-order valence-electron chi connectivity index (χ1n) is 10.1. The van der Waals surface area contributed by atoms with E-state index in [1.54, 1.807) is 42.5 Å². The van der Waals surface area contributed by atoms with Gasteiger partial charge in [0.1, 0.15) is 11.8 Å². The number of benzene rings is 2. The van der Waals surface area contributed by atoms with Gasteiger partial charge in [-0.3, -0.25) is 15.0 Å². The fourth-order valence-electron chi connectivity index (χ4n) is 2.58. The number of aryl methyl sites for hydroxylation is 1. The highest BCUT2D eigenvalue weighted by molar-refractivity contribution is 6.00. The molecule has 0 aliphatic heterocycles. The van der Waals surface area contributed by atoms with Crippen molar-refractivity contribution in [3.63, 3.8) is 0 Å². The summed E-state index contributed by atoms with van der Waals surface area (Å²) in [6, 6.07) is 12.1. The zero-order valence-electron chi connectivity index (χ0n) is 18.0. The molecule has 0 saturated heterocycles. The Morgan fingerprint density at radius 2 is 1.67 bits per heavy atom. The molecular formula is C22H29N5O6. The molecule has 0 spiro atoms. The number of phenolic OH excluding ortho intramolecular Hbond substituents is 1. The number of carboxylic acid groups (broad SMARTS) is 2. The number of aromatic hydroxyl groups is 1. The molecule has 0 aliphatic rings. The number of phenols is 1. The van der Waals surface area contributed by atoms with Crippen LogP contribution in [-0.2, 0) is 16.0 Å². The molecule has 0 saturated carbocycles. The molecule has 1 amide bonds. The second kappa shape index (κ2) is 14.0. The summed E-state index contributed by atoms with van der Waals surface area (Å²) in [5.41, 5.74) is 11.5. The second-order valence-corrected chi connectivity index (χ2v) is 6.99. The van der Waals surface area contributed by atoms with Crippen LogP contribution in [0.2, 0.25) is 0 Å². The number of guanidine groups is 1. The van der Waals surface area contributed by atoms with Gasteiger partial charge >= 0.3 is 11.9 Å². The van der Waals surface area contributed by atoms with Crippen LogP contribution >= 0.6 is 0 Å². The number of carbonyl (C=O) groups excluding carboxylic acids is 1. The van der Waals surface area contributed by atoms with Crippen molar-refractivity contribution in [1.82, 2.24) is 5.32 Å². The Bertz CT molecular complexity index is 949. The molecule has 0 aromatic heterocycles. The number of anilines is 1. The SMILES string of the molecule is N=C(N)NCCC[C@H](N)C(=O)O.O=C(CCc1ccc(O)cc1)Nc1ccccc1C(=O)O. The van der Waals surface area contributed by atoms with E-state index in [1.165, 1.54) is 6.07 Å². The van der Waals surface area contributed by atoms with Gasteiger partial charge in [-0.1, -0.05) is 24.3 Å². The van der Waals surface area contributed by atoms with Crippen molar-refractivity contribution in [3.8, 4) is 5.75 Å². The Labute approximate surface area is 190 Å². The largest absolute Gasteiger partial charge is 0.508 e. The van der Waals surface area contributed by atoms with Crippen molar-refractivity contribution in [2.24, 2.45) is 11.5 Å². The van der Waals surface area contributed by atoms with Crippen molar-refractivity contribution < 1.29 is 29.7 Å². The number of carboxylic acids is 2. The molecule has 0 radical (unpaired) electrons. The summed E-state index contributed by atoms with van der Waals surface area (Å²) in [6.07, 6.45) is 1.72. The lowest BCUT2D eigenvalue weighted by Crippen LogP contribution is -2.34. The Balaban J connectivity index is 0.000000389. The van der Waals surface area contributed by atoms with Crippen molar-refractivity contribution >= 4 is 29.5 Å². The standard InChI is InChI=1S/C16H15NO4.C6H14N4O2/c18-12-8-5-11(6-9-12)7-10-15(19)17-14-4-2-1-3-13(14)16(20)21;7-4(5(11)12)2-1-3-10-6(8)9/h1-6,8-9,18H,7,10H2,(H,17,19)(H,20,21);4H,1-3,7H2,(H,11,12)(H4,8,9,10)/t;4-/m.0/s1. The van der Waals surface area contributed by atoms with E-state index in [2.05, 4.69) is 10.6 Å². The maximum Gasteiger partial charge on any atom is 0.337 e. The lowest BCUT2D eigenvalue weighted by molar-refractivity contribution is -0.138. The maximum atomic E-state index is 11.9. The fourth-order valence-corrected chi connectivity index (χ4v) is 2.58. The zero-order valence-corrected chi connectivity index (χ0v) is 18.0. The third-order valence-electron chi connectivity index (χ3n) is 4.33. The lowest BCUT2D eigenvalue weighted by atomic mass is 10.1. The number of rotatable bonds is 10. The van der Waals surface area contributed by atoms with E-state index < -0.39 is 18.0 Å². The first kappa shape index (κ1) is 26.9. The van der Waals surface area contributed by atoms with Crippen LogP contribution in [0.3, 0.4) is 0 Å².